The molecule has 2 radical (unpaired) electrons. The van der Waals surface area contributed by atoms with Crippen LogP contribution in [0.4, 0.5) is 0 Å². The van der Waals surface area contributed by atoms with E-state index in [0.29, 0.717) is 6.32 Å². The smallest absolute Gasteiger partial charge is 0.0728 e. The maximum Gasteiger partial charge on any atom is 0.0728 e. The van der Waals surface area contributed by atoms with Crippen molar-refractivity contribution < 1.29 is 0 Å². The van der Waals surface area contributed by atoms with Crippen LogP contribution in [0, 0.1) is 0 Å². The number of rotatable bonds is 1. The molecule has 0 unspecified atom stereocenters. The lowest BCUT2D eigenvalue weighted by molar-refractivity contribution is 1.54. The number of hydrogen-bond acceptors (Lipinski definition) is 1. The van der Waals surface area contributed by atoms with E-state index in [0.717, 1.165) is 15.3 Å². The molecule has 0 nitrogen and oxygen atoms in total. The van der Waals surface area contributed by atoms with Crippen LogP contribution < -0.4 is 0 Å². The van der Waals surface area contributed by atoms with Gasteiger partial charge in [-0.3, -0.25) is 0 Å². The van der Waals surface area contributed by atoms with E-state index in [-0.39, 0.29) is 0 Å². The Morgan fingerprint density at radius 3 is 2.75 bits per heavy atom. The van der Waals surface area contributed by atoms with Crippen LogP contribution >= 0.6 is 22.9 Å². The minimum atomic E-state index is 0.526. The summed E-state index contributed by atoms with van der Waals surface area (Å²) in [5.74, 6) is 0. The Bertz CT molecular complexity index is 408. The fourth-order valence-corrected chi connectivity index (χ4v) is 2.58. The number of halogens is 1. The van der Waals surface area contributed by atoms with Crippen molar-refractivity contribution in [2.45, 2.75) is 6.32 Å². The third-order valence-electron chi connectivity index (χ3n) is 1.79. The van der Waals surface area contributed by atoms with Gasteiger partial charge >= 0.3 is 0 Å². The zero-order valence-electron chi connectivity index (χ0n) is 6.38. The minimum Gasteiger partial charge on any atom is -0.139 e. The van der Waals surface area contributed by atoms with E-state index in [9.17, 15) is 0 Å². The first-order valence-corrected chi connectivity index (χ1v) is 4.88. The van der Waals surface area contributed by atoms with Crippen LogP contribution in [0.2, 0.25) is 5.02 Å². The summed E-state index contributed by atoms with van der Waals surface area (Å²) >= 11 is 7.75. The Kier molecular flexibility index (Phi) is 2.12. The van der Waals surface area contributed by atoms with E-state index in [1.54, 1.807) is 11.3 Å². The first kappa shape index (κ1) is 8.15. The summed E-state index contributed by atoms with van der Waals surface area (Å²) < 4.78 is 1.21. The van der Waals surface area contributed by atoms with Crippen LogP contribution in [0.15, 0.2) is 24.3 Å². The van der Waals surface area contributed by atoms with Crippen LogP contribution in [0.3, 0.4) is 0 Å². The molecule has 58 valence electrons. The van der Waals surface area contributed by atoms with Gasteiger partial charge in [-0.15, -0.1) is 11.3 Å². The Hall–Kier alpha value is -0.465. The van der Waals surface area contributed by atoms with Crippen LogP contribution in [0.5, 0.6) is 0 Å². The summed E-state index contributed by atoms with van der Waals surface area (Å²) in [5.41, 5.74) is 0. The van der Waals surface area contributed by atoms with Crippen molar-refractivity contribution in [1.82, 2.24) is 0 Å². The molecule has 1 aromatic carbocycles. The van der Waals surface area contributed by atoms with E-state index in [2.05, 4.69) is 6.07 Å². The second-order valence-electron chi connectivity index (χ2n) is 2.54. The summed E-state index contributed by atoms with van der Waals surface area (Å²) in [5, 5.41) is 1.93. The van der Waals surface area contributed by atoms with Gasteiger partial charge in [0.15, 0.2) is 0 Å². The van der Waals surface area contributed by atoms with Crippen molar-refractivity contribution in [3.8, 4) is 0 Å². The molecule has 0 saturated carbocycles. The third kappa shape index (κ3) is 1.15. The lowest BCUT2D eigenvalue weighted by atomic mass is 10.0. The lowest BCUT2D eigenvalue weighted by Crippen LogP contribution is -1.75. The summed E-state index contributed by atoms with van der Waals surface area (Å²) in [6.45, 7) is 0. The molecule has 0 saturated heterocycles. The molecular weight excluding hydrogens is 186 g/mol. The second-order valence-corrected chi connectivity index (χ2v) is 4.05. The molecule has 0 aliphatic heterocycles. The topological polar surface area (TPSA) is 0 Å². The van der Waals surface area contributed by atoms with Gasteiger partial charge in [0.1, 0.15) is 0 Å². The van der Waals surface area contributed by atoms with Crippen LogP contribution in [0.25, 0.3) is 10.1 Å². The van der Waals surface area contributed by atoms with Crippen molar-refractivity contribution >= 4 is 40.9 Å². The Labute approximate surface area is 81.6 Å². The monoisotopic (exact) mass is 192 g/mol. The molecule has 0 N–H and O–H groups in total. The molecule has 0 bridgehead atoms. The summed E-state index contributed by atoms with van der Waals surface area (Å²) in [6, 6.07) is 8.08. The molecule has 0 spiro atoms. The highest BCUT2D eigenvalue weighted by Crippen LogP contribution is 2.34. The molecule has 3 heteroatoms. The molecule has 1 heterocycles. The average molecular weight is 192 g/mol. The van der Waals surface area contributed by atoms with Gasteiger partial charge in [0.05, 0.1) is 12.9 Å². The van der Waals surface area contributed by atoms with Gasteiger partial charge in [-0.2, -0.15) is 0 Å². The van der Waals surface area contributed by atoms with Gasteiger partial charge in [-0.25, -0.2) is 0 Å². The van der Waals surface area contributed by atoms with E-state index in [1.165, 1.54) is 4.70 Å². The van der Waals surface area contributed by atoms with E-state index < -0.39 is 0 Å². The van der Waals surface area contributed by atoms with Gasteiger partial charge < -0.3 is 0 Å². The minimum absolute atomic E-state index is 0.526. The number of thiophene rings is 1. The number of hydrogen-bond donors (Lipinski definition) is 0. The predicted molar refractivity (Wildman–Crippen MR) is 56.3 cm³/mol. The normalized spacial score (nSPS) is 10.8. The Balaban J connectivity index is 2.78. The van der Waals surface area contributed by atoms with Gasteiger partial charge in [-0.1, -0.05) is 36.1 Å². The standard InChI is InChI=1S/C9H6BClS/c10-5-8-9(11)6-3-1-2-4-7(6)12-8/h1-4H,5H2. The summed E-state index contributed by atoms with van der Waals surface area (Å²) in [6.07, 6.45) is 0.526. The molecule has 0 fully saturated rings. The van der Waals surface area contributed by atoms with E-state index >= 15 is 0 Å². The van der Waals surface area contributed by atoms with Crippen LogP contribution in [0.1, 0.15) is 4.88 Å². The first-order chi connectivity index (χ1) is 5.83. The number of fused-ring (bicyclic) bond motifs is 1. The Morgan fingerprint density at radius 2 is 2.08 bits per heavy atom. The molecule has 0 atom stereocenters. The molecule has 12 heavy (non-hydrogen) atoms. The van der Waals surface area contributed by atoms with Crippen molar-refractivity contribution in [2.24, 2.45) is 0 Å². The van der Waals surface area contributed by atoms with Crippen molar-refractivity contribution in [1.29, 1.82) is 0 Å². The first-order valence-electron chi connectivity index (χ1n) is 3.69. The fourth-order valence-electron chi connectivity index (χ4n) is 1.20. The van der Waals surface area contributed by atoms with E-state index in [4.69, 9.17) is 19.4 Å². The molecule has 0 amide bonds. The second kappa shape index (κ2) is 3.12. The SMILES string of the molecule is [B]Cc1sc2ccccc2c1Cl. The molecule has 1 aromatic heterocycles. The Morgan fingerprint density at radius 1 is 1.33 bits per heavy atom. The maximum atomic E-state index is 6.09. The van der Waals surface area contributed by atoms with Crippen molar-refractivity contribution in [2.75, 3.05) is 0 Å². The predicted octanol–water partition coefficient (Wildman–Crippen LogP) is 3.22. The van der Waals surface area contributed by atoms with Crippen molar-refractivity contribution in [3.05, 3.63) is 34.2 Å². The lowest BCUT2D eigenvalue weighted by Gasteiger charge is -1.88. The molecule has 2 rings (SSSR count). The van der Waals surface area contributed by atoms with Crippen LogP contribution in [-0.2, 0) is 6.32 Å². The molecular formula is C9H6BClS. The summed E-state index contributed by atoms with van der Waals surface area (Å²) in [4.78, 5) is 1.07. The molecule has 2 aromatic rings. The summed E-state index contributed by atoms with van der Waals surface area (Å²) in [7, 11) is 5.54. The highest BCUT2D eigenvalue weighted by molar-refractivity contribution is 7.20. The van der Waals surface area contributed by atoms with Gasteiger partial charge in [0, 0.05) is 15.0 Å². The van der Waals surface area contributed by atoms with Gasteiger partial charge in [0.2, 0.25) is 0 Å². The molecule has 0 aliphatic carbocycles. The highest BCUT2D eigenvalue weighted by atomic mass is 35.5. The van der Waals surface area contributed by atoms with Crippen LogP contribution in [-0.4, -0.2) is 7.85 Å². The number of benzene rings is 1. The van der Waals surface area contributed by atoms with E-state index in [1.807, 2.05) is 18.2 Å². The quantitative estimate of drug-likeness (QED) is 0.609. The van der Waals surface area contributed by atoms with Crippen molar-refractivity contribution in [3.63, 3.8) is 0 Å². The zero-order valence-corrected chi connectivity index (χ0v) is 7.95. The van der Waals surface area contributed by atoms with Gasteiger partial charge in [-0.05, 0) is 6.07 Å². The average Bonchev–Trinajstić information content (AvgIpc) is 2.44. The maximum absolute atomic E-state index is 6.09. The largest absolute Gasteiger partial charge is 0.139 e. The third-order valence-corrected chi connectivity index (χ3v) is 3.52. The molecule has 0 aliphatic rings. The highest BCUT2D eigenvalue weighted by Gasteiger charge is 2.06. The zero-order chi connectivity index (χ0) is 8.55. The fraction of sp³-hybridized carbons (Fsp3) is 0.111. The van der Waals surface area contributed by atoms with Gasteiger partial charge in [0.25, 0.3) is 0 Å².